The minimum atomic E-state index is -0.509. The Labute approximate surface area is 193 Å². The summed E-state index contributed by atoms with van der Waals surface area (Å²) in [6.07, 6.45) is 1.16. The maximum absolute atomic E-state index is 13.0. The van der Waals surface area contributed by atoms with Gasteiger partial charge in [0.2, 0.25) is 5.91 Å². The fourth-order valence-electron chi connectivity index (χ4n) is 4.63. The van der Waals surface area contributed by atoms with Crippen LogP contribution in [0.5, 0.6) is 11.5 Å². The first-order valence-electron chi connectivity index (χ1n) is 11.4. The van der Waals surface area contributed by atoms with Gasteiger partial charge in [0.15, 0.2) is 11.5 Å². The van der Waals surface area contributed by atoms with E-state index in [-0.39, 0.29) is 30.8 Å². The summed E-state index contributed by atoms with van der Waals surface area (Å²) in [5, 5.41) is 2.92. The molecule has 1 aromatic rings. The maximum Gasteiger partial charge on any atom is 0.327 e. The highest BCUT2D eigenvalue weighted by molar-refractivity contribution is 6.04. The van der Waals surface area contributed by atoms with Crippen LogP contribution in [0.25, 0.3) is 0 Å². The van der Waals surface area contributed by atoms with Crippen molar-refractivity contribution in [3.8, 4) is 11.5 Å². The van der Waals surface area contributed by atoms with Gasteiger partial charge in [0.25, 0.3) is 5.91 Å². The predicted molar refractivity (Wildman–Crippen MR) is 119 cm³/mol. The highest BCUT2D eigenvalue weighted by Crippen LogP contribution is 2.37. The van der Waals surface area contributed by atoms with E-state index in [4.69, 9.17) is 14.2 Å². The standard InChI is InChI=1S/C23H32N4O6/c1-31-19-13-16-12-18-22(29)26(23(30)27(18)15-17(16)14-20(19)32-2)6-3-4-21(28)24-5-7-25-8-10-33-11-9-25/h13-14,18H,3-12,15H2,1-2H3,(H,24,28)/t18-/m0/s1. The third-order valence-electron chi connectivity index (χ3n) is 6.50. The molecule has 0 spiro atoms. The van der Waals surface area contributed by atoms with Gasteiger partial charge in [0.1, 0.15) is 6.04 Å². The lowest BCUT2D eigenvalue weighted by atomic mass is 9.94. The molecule has 3 aliphatic rings. The summed E-state index contributed by atoms with van der Waals surface area (Å²) in [6, 6.07) is 2.95. The molecule has 4 rings (SSSR count). The van der Waals surface area contributed by atoms with E-state index in [1.54, 1.807) is 19.1 Å². The molecule has 2 saturated heterocycles. The van der Waals surface area contributed by atoms with Crippen molar-refractivity contribution in [2.24, 2.45) is 0 Å². The Morgan fingerprint density at radius 2 is 1.79 bits per heavy atom. The lowest BCUT2D eigenvalue weighted by Gasteiger charge is -2.29. The van der Waals surface area contributed by atoms with Crippen LogP contribution in [-0.4, -0.2) is 98.7 Å². The Morgan fingerprint density at radius 3 is 2.48 bits per heavy atom. The van der Waals surface area contributed by atoms with E-state index in [2.05, 4.69) is 10.2 Å². The van der Waals surface area contributed by atoms with Crippen molar-refractivity contribution in [3.05, 3.63) is 23.3 Å². The van der Waals surface area contributed by atoms with Gasteiger partial charge in [-0.3, -0.25) is 19.4 Å². The number of fused-ring (bicyclic) bond motifs is 2. The van der Waals surface area contributed by atoms with E-state index in [1.807, 2.05) is 12.1 Å². The number of carbonyl (C=O) groups is 3. The molecule has 3 heterocycles. The number of urea groups is 1. The van der Waals surface area contributed by atoms with Crippen molar-refractivity contribution < 1.29 is 28.6 Å². The first kappa shape index (κ1) is 23.3. The minimum Gasteiger partial charge on any atom is -0.493 e. The summed E-state index contributed by atoms with van der Waals surface area (Å²) >= 11 is 0. The number of benzene rings is 1. The molecule has 0 saturated carbocycles. The smallest absolute Gasteiger partial charge is 0.327 e. The number of hydrogen-bond acceptors (Lipinski definition) is 7. The monoisotopic (exact) mass is 460 g/mol. The molecule has 4 amide bonds. The zero-order valence-corrected chi connectivity index (χ0v) is 19.3. The zero-order valence-electron chi connectivity index (χ0n) is 19.3. The van der Waals surface area contributed by atoms with Gasteiger partial charge in [-0.2, -0.15) is 0 Å². The molecular formula is C23H32N4O6. The Balaban J connectivity index is 1.27. The van der Waals surface area contributed by atoms with E-state index in [1.165, 1.54) is 4.90 Å². The number of nitrogens with zero attached hydrogens (tertiary/aromatic N) is 3. The van der Waals surface area contributed by atoms with Crippen molar-refractivity contribution in [3.63, 3.8) is 0 Å². The average molecular weight is 461 g/mol. The van der Waals surface area contributed by atoms with Crippen LogP contribution in [-0.2, 0) is 27.3 Å². The number of methoxy groups -OCH3 is 2. The third-order valence-corrected chi connectivity index (χ3v) is 6.50. The van der Waals surface area contributed by atoms with Crippen LogP contribution >= 0.6 is 0 Å². The quantitative estimate of drug-likeness (QED) is 0.539. The van der Waals surface area contributed by atoms with Crippen LogP contribution in [0, 0.1) is 0 Å². The van der Waals surface area contributed by atoms with E-state index in [0.717, 1.165) is 44.0 Å². The van der Waals surface area contributed by atoms with Crippen molar-refractivity contribution in [2.75, 3.05) is 60.2 Å². The molecule has 0 bridgehead atoms. The fraction of sp³-hybridized carbons (Fsp3) is 0.609. The fourth-order valence-corrected chi connectivity index (χ4v) is 4.63. The van der Waals surface area contributed by atoms with E-state index in [9.17, 15) is 14.4 Å². The largest absolute Gasteiger partial charge is 0.493 e. The minimum absolute atomic E-state index is 0.0633. The predicted octanol–water partition coefficient (Wildman–Crippen LogP) is 0.621. The molecule has 0 unspecified atom stereocenters. The second-order valence-corrected chi connectivity index (χ2v) is 8.50. The summed E-state index contributed by atoms with van der Waals surface area (Å²) in [7, 11) is 3.14. The van der Waals surface area contributed by atoms with Gasteiger partial charge in [-0.05, 0) is 29.7 Å². The molecular weight excluding hydrogens is 428 g/mol. The van der Waals surface area contributed by atoms with Gasteiger partial charge in [0, 0.05) is 52.1 Å². The molecule has 1 N–H and O–H groups in total. The van der Waals surface area contributed by atoms with Crippen LogP contribution in [0.3, 0.4) is 0 Å². The summed E-state index contributed by atoms with van der Waals surface area (Å²) < 4.78 is 16.1. The van der Waals surface area contributed by atoms with Crippen LogP contribution in [0.2, 0.25) is 0 Å². The first-order valence-corrected chi connectivity index (χ1v) is 11.4. The first-order chi connectivity index (χ1) is 16.0. The third kappa shape index (κ3) is 5.06. The Morgan fingerprint density at radius 1 is 1.09 bits per heavy atom. The molecule has 1 atom stereocenters. The molecule has 180 valence electrons. The highest BCUT2D eigenvalue weighted by atomic mass is 16.5. The summed E-state index contributed by atoms with van der Waals surface area (Å²) in [4.78, 5) is 43.2. The number of amides is 4. The van der Waals surface area contributed by atoms with Crippen molar-refractivity contribution in [1.29, 1.82) is 0 Å². The molecule has 0 aromatic heterocycles. The Hall–Kier alpha value is -2.85. The van der Waals surface area contributed by atoms with Crippen LogP contribution in [0.4, 0.5) is 4.79 Å². The maximum atomic E-state index is 13.0. The molecule has 0 aliphatic carbocycles. The molecule has 10 heteroatoms. The second kappa shape index (κ2) is 10.4. The molecule has 10 nitrogen and oxygen atoms in total. The van der Waals surface area contributed by atoms with Crippen molar-refractivity contribution >= 4 is 17.8 Å². The number of nitrogens with one attached hydrogen (secondary N) is 1. The van der Waals surface area contributed by atoms with Gasteiger partial charge >= 0.3 is 6.03 Å². The highest BCUT2D eigenvalue weighted by Gasteiger charge is 2.47. The lowest BCUT2D eigenvalue weighted by Crippen LogP contribution is -2.41. The average Bonchev–Trinajstić information content (AvgIpc) is 3.06. The molecule has 3 aliphatic heterocycles. The zero-order chi connectivity index (χ0) is 23.4. The van der Waals surface area contributed by atoms with E-state index < -0.39 is 6.04 Å². The van der Waals surface area contributed by atoms with Gasteiger partial charge in [-0.15, -0.1) is 0 Å². The molecule has 2 fully saturated rings. The summed E-state index contributed by atoms with van der Waals surface area (Å²) in [5.41, 5.74) is 1.93. The van der Waals surface area contributed by atoms with Crippen LogP contribution < -0.4 is 14.8 Å². The molecule has 1 aromatic carbocycles. The summed E-state index contributed by atoms with van der Waals surface area (Å²) in [6.45, 7) is 5.21. The number of ether oxygens (including phenoxy) is 3. The number of carbonyl (C=O) groups excluding carboxylic acids is 3. The molecule has 33 heavy (non-hydrogen) atoms. The number of hydrogen-bond donors (Lipinski definition) is 1. The van der Waals surface area contributed by atoms with E-state index >= 15 is 0 Å². The van der Waals surface area contributed by atoms with E-state index in [0.29, 0.717) is 37.4 Å². The van der Waals surface area contributed by atoms with Crippen LogP contribution in [0.1, 0.15) is 24.0 Å². The summed E-state index contributed by atoms with van der Waals surface area (Å²) in [5.74, 6) is 0.946. The number of imide groups is 1. The van der Waals surface area contributed by atoms with Crippen LogP contribution in [0.15, 0.2) is 12.1 Å². The van der Waals surface area contributed by atoms with Gasteiger partial charge in [-0.25, -0.2) is 4.79 Å². The van der Waals surface area contributed by atoms with Gasteiger partial charge in [0.05, 0.1) is 27.4 Å². The number of morpholine rings is 1. The lowest BCUT2D eigenvalue weighted by molar-refractivity contribution is -0.129. The topological polar surface area (TPSA) is 101 Å². The Kier molecular flexibility index (Phi) is 7.34. The normalized spacial score (nSPS) is 20.5. The van der Waals surface area contributed by atoms with Gasteiger partial charge in [-0.1, -0.05) is 0 Å². The van der Waals surface area contributed by atoms with Crippen molar-refractivity contribution in [2.45, 2.75) is 31.8 Å². The number of rotatable bonds is 9. The van der Waals surface area contributed by atoms with Gasteiger partial charge < -0.3 is 24.4 Å². The van der Waals surface area contributed by atoms with Crippen molar-refractivity contribution in [1.82, 2.24) is 20.0 Å². The second-order valence-electron chi connectivity index (χ2n) is 8.50. The SMILES string of the molecule is COc1cc2c(cc1OC)CN1C(=O)N(CCCC(=O)NCCN3CCOCC3)C(=O)[C@@H]1C2. The molecule has 0 radical (unpaired) electrons. The Bertz CT molecular complexity index is 850.